The predicted octanol–water partition coefficient (Wildman–Crippen LogP) is 2.42. The number of thiazole rings is 1. The lowest BCUT2D eigenvalue weighted by Gasteiger charge is -1.80. The Kier molecular flexibility index (Phi) is 1.97. The largest absolute Gasteiger partial charge is 0.252 e. The minimum atomic E-state index is 0.806. The molecule has 0 bridgehead atoms. The van der Waals surface area contributed by atoms with Crippen LogP contribution in [0.15, 0.2) is 15.6 Å². The minimum Gasteiger partial charge on any atom is -0.252 e. The quantitative estimate of drug-likeness (QED) is 0.777. The summed E-state index contributed by atoms with van der Waals surface area (Å²) >= 11 is 6.32. The molecule has 0 aromatic carbocycles. The topological polar surface area (TPSA) is 38.7 Å². The summed E-state index contributed by atoms with van der Waals surface area (Å²) < 4.78 is 0.806. The fraction of sp³-hybridized carbons (Fsp3) is 0. The molecule has 0 aliphatic carbocycles. The van der Waals surface area contributed by atoms with E-state index in [1.165, 1.54) is 11.3 Å². The molecule has 0 radical (unpaired) electrons. The lowest BCUT2D eigenvalue weighted by Crippen LogP contribution is -1.69. The van der Waals surface area contributed by atoms with Crippen molar-refractivity contribution in [3.05, 3.63) is 15.6 Å². The van der Waals surface area contributed by atoms with Gasteiger partial charge in [0, 0.05) is 6.20 Å². The molecule has 0 unspecified atom stereocenters. The van der Waals surface area contributed by atoms with E-state index < -0.39 is 0 Å². The fourth-order valence-electron chi connectivity index (χ4n) is 0.626. The van der Waals surface area contributed by atoms with Gasteiger partial charge in [0.2, 0.25) is 0 Å². The molecule has 0 amide bonds. The highest BCUT2D eigenvalue weighted by atomic mass is 79.9. The van der Waals surface area contributed by atoms with E-state index >= 15 is 0 Å². The molecule has 0 saturated heterocycles. The molecule has 2 heterocycles. The maximum atomic E-state index is 3.95. The standard InChI is InChI=1S/C5H2BrN3S2/c6-5-9-8-4(11-5)3-1-7-2-10-3/h1-2H. The summed E-state index contributed by atoms with van der Waals surface area (Å²) in [5.74, 6) is 0. The van der Waals surface area contributed by atoms with Crippen LogP contribution in [0.1, 0.15) is 0 Å². The minimum absolute atomic E-state index is 0.806. The van der Waals surface area contributed by atoms with Crippen molar-refractivity contribution in [1.29, 1.82) is 0 Å². The van der Waals surface area contributed by atoms with Crippen molar-refractivity contribution in [1.82, 2.24) is 15.2 Å². The lowest BCUT2D eigenvalue weighted by molar-refractivity contribution is 1.08. The monoisotopic (exact) mass is 247 g/mol. The van der Waals surface area contributed by atoms with E-state index in [0.29, 0.717) is 0 Å². The Bertz CT molecular complexity index is 342. The summed E-state index contributed by atoms with van der Waals surface area (Å²) in [5, 5.41) is 8.70. The van der Waals surface area contributed by atoms with E-state index in [2.05, 4.69) is 31.1 Å². The van der Waals surface area contributed by atoms with Crippen molar-refractivity contribution >= 4 is 38.6 Å². The Morgan fingerprint density at radius 2 is 2.27 bits per heavy atom. The second-order valence-electron chi connectivity index (χ2n) is 1.73. The molecule has 6 heteroatoms. The average Bonchev–Trinajstić information content (AvgIpc) is 2.55. The van der Waals surface area contributed by atoms with Crippen molar-refractivity contribution < 1.29 is 0 Å². The third kappa shape index (κ3) is 1.47. The molecule has 0 aliphatic heterocycles. The summed E-state index contributed by atoms with van der Waals surface area (Å²) in [4.78, 5) is 5.01. The lowest BCUT2D eigenvalue weighted by atomic mass is 10.6. The fourth-order valence-corrected chi connectivity index (χ4v) is 2.41. The van der Waals surface area contributed by atoms with Crippen LogP contribution in [0, 0.1) is 0 Å². The number of hydrogen-bond acceptors (Lipinski definition) is 5. The smallest absolute Gasteiger partial charge is 0.183 e. The Labute approximate surface area is 79.3 Å². The Balaban J connectivity index is 2.45. The van der Waals surface area contributed by atoms with Gasteiger partial charge in [0.25, 0.3) is 0 Å². The van der Waals surface area contributed by atoms with Crippen LogP contribution in [0.4, 0.5) is 0 Å². The van der Waals surface area contributed by atoms with Crippen LogP contribution in [-0.2, 0) is 0 Å². The van der Waals surface area contributed by atoms with E-state index in [-0.39, 0.29) is 0 Å². The van der Waals surface area contributed by atoms with Crippen molar-refractivity contribution in [2.45, 2.75) is 0 Å². The Morgan fingerprint density at radius 3 is 2.82 bits per heavy atom. The van der Waals surface area contributed by atoms with Crippen molar-refractivity contribution in [2.75, 3.05) is 0 Å². The maximum Gasteiger partial charge on any atom is 0.183 e. The van der Waals surface area contributed by atoms with Crippen molar-refractivity contribution in [3.8, 4) is 9.88 Å². The molecular weight excluding hydrogens is 246 g/mol. The molecule has 0 aliphatic rings. The van der Waals surface area contributed by atoms with Gasteiger partial charge >= 0.3 is 0 Å². The summed E-state index contributed by atoms with van der Waals surface area (Å²) in [7, 11) is 0. The summed E-state index contributed by atoms with van der Waals surface area (Å²) in [6, 6.07) is 0. The van der Waals surface area contributed by atoms with Gasteiger partial charge in [0.15, 0.2) is 8.92 Å². The van der Waals surface area contributed by atoms with Gasteiger partial charge in [-0.2, -0.15) is 0 Å². The Hall–Kier alpha value is -0.330. The molecule has 2 aromatic heterocycles. The molecular formula is C5H2BrN3S2. The molecule has 0 N–H and O–H groups in total. The first-order valence-corrected chi connectivity index (χ1v) is 5.23. The van der Waals surface area contributed by atoms with Gasteiger partial charge in [-0.15, -0.1) is 21.5 Å². The normalized spacial score (nSPS) is 10.3. The highest BCUT2D eigenvalue weighted by Crippen LogP contribution is 2.28. The summed E-state index contributed by atoms with van der Waals surface area (Å²) in [6.07, 6.45) is 1.79. The van der Waals surface area contributed by atoms with Gasteiger partial charge < -0.3 is 0 Å². The van der Waals surface area contributed by atoms with Crippen molar-refractivity contribution in [3.63, 3.8) is 0 Å². The van der Waals surface area contributed by atoms with Gasteiger partial charge in [0.1, 0.15) is 0 Å². The molecule has 56 valence electrons. The van der Waals surface area contributed by atoms with E-state index in [4.69, 9.17) is 0 Å². The second kappa shape index (κ2) is 2.96. The second-order valence-corrected chi connectivity index (χ2v) is 4.87. The zero-order valence-electron chi connectivity index (χ0n) is 5.19. The number of halogens is 1. The van der Waals surface area contributed by atoms with Crippen LogP contribution < -0.4 is 0 Å². The number of hydrogen-bond donors (Lipinski definition) is 0. The van der Waals surface area contributed by atoms with Crippen LogP contribution in [0.3, 0.4) is 0 Å². The highest BCUT2D eigenvalue weighted by Gasteiger charge is 2.04. The third-order valence-electron chi connectivity index (χ3n) is 1.04. The summed E-state index contributed by atoms with van der Waals surface area (Å²) in [6.45, 7) is 0. The first-order chi connectivity index (χ1) is 5.36. The first kappa shape index (κ1) is 7.33. The SMILES string of the molecule is Brc1nnc(-c2cncs2)s1. The molecule has 11 heavy (non-hydrogen) atoms. The molecule has 2 rings (SSSR count). The first-order valence-electron chi connectivity index (χ1n) is 2.74. The van der Waals surface area contributed by atoms with Crippen LogP contribution in [0.25, 0.3) is 9.88 Å². The molecule has 0 atom stereocenters. The Morgan fingerprint density at radius 1 is 1.36 bits per heavy atom. The van der Waals surface area contributed by atoms with Gasteiger partial charge in [-0.25, -0.2) is 0 Å². The van der Waals surface area contributed by atoms with Gasteiger partial charge in [-0.1, -0.05) is 11.3 Å². The summed E-state index contributed by atoms with van der Waals surface area (Å²) in [5.41, 5.74) is 1.78. The average molecular weight is 248 g/mol. The van der Waals surface area contributed by atoms with Gasteiger partial charge in [-0.3, -0.25) is 4.98 Å². The van der Waals surface area contributed by atoms with Crippen LogP contribution in [-0.4, -0.2) is 15.2 Å². The number of aromatic nitrogens is 3. The van der Waals surface area contributed by atoms with Gasteiger partial charge in [0.05, 0.1) is 10.4 Å². The van der Waals surface area contributed by atoms with Crippen LogP contribution in [0.2, 0.25) is 0 Å². The van der Waals surface area contributed by atoms with E-state index in [1.54, 1.807) is 23.0 Å². The molecule has 0 spiro atoms. The predicted molar refractivity (Wildman–Crippen MR) is 48.7 cm³/mol. The van der Waals surface area contributed by atoms with Crippen molar-refractivity contribution in [2.24, 2.45) is 0 Å². The third-order valence-corrected chi connectivity index (χ3v) is 3.34. The molecule has 3 nitrogen and oxygen atoms in total. The van der Waals surface area contributed by atoms with Crippen LogP contribution in [0.5, 0.6) is 0 Å². The van der Waals surface area contributed by atoms with E-state index in [1.807, 2.05) is 0 Å². The maximum absolute atomic E-state index is 3.95. The molecule has 0 saturated carbocycles. The molecule has 2 aromatic rings. The number of nitrogens with zero attached hydrogens (tertiary/aromatic N) is 3. The zero-order chi connectivity index (χ0) is 7.68. The van der Waals surface area contributed by atoms with Gasteiger partial charge in [-0.05, 0) is 15.9 Å². The molecule has 0 fully saturated rings. The van der Waals surface area contributed by atoms with E-state index in [0.717, 1.165) is 13.8 Å². The van der Waals surface area contributed by atoms with Crippen LogP contribution >= 0.6 is 38.6 Å². The highest BCUT2D eigenvalue weighted by molar-refractivity contribution is 9.11. The van der Waals surface area contributed by atoms with E-state index in [9.17, 15) is 0 Å². The zero-order valence-corrected chi connectivity index (χ0v) is 8.41. The number of rotatable bonds is 1.